The fourth-order valence-electron chi connectivity index (χ4n) is 2.17. The minimum atomic E-state index is 0.115. The van der Waals surface area contributed by atoms with Gasteiger partial charge in [-0.2, -0.15) is 5.10 Å². The summed E-state index contributed by atoms with van der Waals surface area (Å²) < 4.78 is 16.0. The zero-order valence-corrected chi connectivity index (χ0v) is 14.8. The molecule has 130 valence electrons. The van der Waals surface area contributed by atoms with Gasteiger partial charge >= 0.3 is 0 Å². The highest BCUT2D eigenvalue weighted by Crippen LogP contribution is 2.35. The van der Waals surface area contributed by atoms with Crippen LogP contribution in [0.2, 0.25) is 5.02 Å². The van der Waals surface area contributed by atoms with Crippen LogP contribution in [0.5, 0.6) is 17.2 Å². The van der Waals surface area contributed by atoms with Gasteiger partial charge in [0.2, 0.25) is 0 Å². The minimum Gasteiger partial charge on any atom is -0.496 e. The first-order chi connectivity index (χ1) is 12.2. The number of hydrazone groups is 1. The van der Waals surface area contributed by atoms with Crippen LogP contribution in [0.15, 0.2) is 41.5 Å². The number of nitrogens with zero attached hydrogens (tertiary/aromatic N) is 1. The molecule has 2 aromatic rings. The van der Waals surface area contributed by atoms with Gasteiger partial charge in [0.1, 0.15) is 12.4 Å². The van der Waals surface area contributed by atoms with Gasteiger partial charge in [-0.15, -0.1) is 6.42 Å². The summed E-state index contributed by atoms with van der Waals surface area (Å²) in [4.78, 5) is 0. The van der Waals surface area contributed by atoms with E-state index in [1.165, 1.54) is 7.11 Å². The van der Waals surface area contributed by atoms with E-state index in [0.29, 0.717) is 23.1 Å². The van der Waals surface area contributed by atoms with E-state index in [1.54, 1.807) is 25.5 Å². The smallest absolute Gasteiger partial charge is 0.181 e. The Balaban J connectivity index is 2.05. The molecule has 5 nitrogen and oxygen atoms in total. The van der Waals surface area contributed by atoms with Gasteiger partial charge in [-0.3, -0.25) is 0 Å². The lowest BCUT2D eigenvalue weighted by molar-refractivity contribution is 0.331. The van der Waals surface area contributed by atoms with E-state index < -0.39 is 0 Å². The number of methoxy groups -OCH3 is 2. The third kappa shape index (κ3) is 5.07. The lowest BCUT2D eigenvalue weighted by Crippen LogP contribution is -2.07. The van der Waals surface area contributed by atoms with Gasteiger partial charge in [0.15, 0.2) is 11.5 Å². The lowest BCUT2D eigenvalue weighted by atomic mass is 10.2. The molecule has 0 aromatic heterocycles. The third-order valence-corrected chi connectivity index (χ3v) is 3.60. The highest BCUT2D eigenvalue weighted by Gasteiger charge is 2.11. The zero-order chi connectivity index (χ0) is 18.1. The molecule has 25 heavy (non-hydrogen) atoms. The van der Waals surface area contributed by atoms with Crippen LogP contribution in [0.25, 0.3) is 0 Å². The summed E-state index contributed by atoms with van der Waals surface area (Å²) in [6.07, 6.45) is 6.85. The van der Waals surface area contributed by atoms with E-state index in [4.69, 9.17) is 32.2 Å². The number of rotatable bonds is 8. The second kappa shape index (κ2) is 9.45. The van der Waals surface area contributed by atoms with Crippen molar-refractivity contribution in [1.29, 1.82) is 0 Å². The largest absolute Gasteiger partial charge is 0.496 e. The topological polar surface area (TPSA) is 52.1 Å². The summed E-state index contributed by atoms with van der Waals surface area (Å²) in [5.74, 6) is 4.12. The van der Waals surface area contributed by atoms with Crippen molar-refractivity contribution in [3.8, 4) is 29.6 Å². The van der Waals surface area contributed by atoms with Gasteiger partial charge in [0.05, 0.1) is 32.0 Å². The normalized spacial score (nSPS) is 10.3. The summed E-state index contributed by atoms with van der Waals surface area (Å²) in [5, 5.41) is 4.61. The number of halogens is 1. The van der Waals surface area contributed by atoms with E-state index in [9.17, 15) is 0 Å². The Kier molecular flexibility index (Phi) is 7.00. The van der Waals surface area contributed by atoms with Gasteiger partial charge in [0.25, 0.3) is 0 Å². The van der Waals surface area contributed by atoms with Crippen molar-refractivity contribution in [2.45, 2.75) is 6.54 Å². The predicted molar refractivity (Wildman–Crippen MR) is 99.8 cm³/mol. The average Bonchev–Trinajstić information content (AvgIpc) is 2.64. The maximum absolute atomic E-state index is 6.23. The molecule has 0 fully saturated rings. The Morgan fingerprint density at radius 2 is 1.96 bits per heavy atom. The van der Waals surface area contributed by atoms with Crippen LogP contribution >= 0.6 is 11.6 Å². The first-order valence-electron chi connectivity index (χ1n) is 7.51. The first-order valence-corrected chi connectivity index (χ1v) is 7.89. The summed E-state index contributed by atoms with van der Waals surface area (Å²) in [6.45, 7) is 0.652. The van der Waals surface area contributed by atoms with E-state index >= 15 is 0 Å². The van der Waals surface area contributed by atoms with Crippen molar-refractivity contribution < 1.29 is 14.2 Å². The summed E-state index contributed by atoms with van der Waals surface area (Å²) in [7, 11) is 3.18. The standard InChI is InChI=1S/C19H19ClN2O3/c1-4-9-25-19-16(20)10-14(11-18(19)24-3)12-21-22-13-15-7-5-6-8-17(15)23-2/h1,5-8,10-12,22H,9,13H2,2-3H3/b21-12-. The van der Waals surface area contributed by atoms with Crippen molar-refractivity contribution in [2.75, 3.05) is 20.8 Å². The van der Waals surface area contributed by atoms with Gasteiger partial charge < -0.3 is 19.6 Å². The number of terminal acetylenes is 1. The number of para-hydroxylation sites is 1. The molecule has 0 bridgehead atoms. The van der Waals surface area contributed by atoms with Gasteiger partial charge in [-0.25, -0.2) is 0 Å². The van der Waals surface area contributed by atoms with Crippen molar-refractivity contribution in [3.05, 3.63) is 52.5 Å². The highest BCUT2D eigenvalue weighted by molar-refractivity contribution is 6.32. The monoisotopic (exact) mass is 358 g/mol. The molecule has 0 amide bonds. The fourth-order valence-corrected chi connectivity index (χ4v) is 2.44. The molecule has 0 unspecified atom stereocenters. The van der Waals surface area contributed by atoms with Gasteiger partial charge in [-0.05, 0) is 23.8 Å². The molecular formula is C19H19ClN2O3. The predicted octanol–water partition coefficient (Wildman–Crippen LogP) is 3.49. The number of hydrogen-bond donors (Lipinski definition) is 1. The quantitative estimate of drug-likeness (QED) is 0.446. The van der Waals surface area contributed by atoms with E-state index in [2.05, 4.69) is 16.4 Å². The average molecular weight is 359 g/mol. The summed E-state index contributed by atoms with van der Waals surface area (Å²) in [6, 6.07) is 11.2. The number of ether oxygens (including phenoxy) is 3. The van der Waals surface area contributed by atoms with Crippen LogP contribution in [-0.2, 0) is 6.54 Å². The molecule has 0 aliphatic rings. The maximum Gasteiger partial charge on any atom is 0.181 e. The molecule has 0 saturated heterocycles. The Morgan fingerprint density at radius 3 is 2.68 bits per heavy atom. The molecule has 2 rings (SSSR count). The van der Waals surface area contributed by atoms with Crippen LogP contribution in [-0.4, -0.2) is 27.0 Å². The van der Waals surface area contributed by atoms with Crippen molar-refractivity contribution in [2.24, 2.45) is 5.10 Å². The molecule has 0 heterocycles. The molecule has 0 aliphatic carbocycles. The fraction of sp³-hybridized carbons (Fsp3) is 0.211. The molecule has 2 aromatic carbocycles. The third-order valence-electron chi connectivity index (χ3n) is 3.32. The summed E-state index contributed by atoms with van der Waals surface area (Å²) >= 11 is 6.23. The van der Waals surface area contributed by atoms with Crippen LogP contribution in [0.1, 0.15) is 11.1 Å². The lowest BCUT2D eigenvalue weighted by Gasteiger charge is -2.11. The Hall–Kier alpha value is -2.84. The van der Waals surface area contributed by atoms with Crippen LogP contribution in [0, 0.1) is 12.3 Å². The molecular weight excluding hydrogens is 340 g/mol. The molecule has 6 heteroatoms. The van der Waals surface area contributed by atoms with Crippen molar-refractivity contribution in [3.63, 3.8) is 0 Å². The molecule has 0 radical (unpaired) electrons. The maximum atomic E-state index is 6.23. The molecule has 0 spiro atoms. The Bertz CT molecular complexity index is 785. The van der Waals surface area contributed by atoms with Gasteiger partial charge in [0, 0.05) is 5.56 Å². The number of nitrogens with one attached hydrogen (secondary N) is 1. The second-order valence-electron chi connectivity index (χ2n) is 4.93. The van der Waals surface area contributed by atoms with E-state index in [1.807, 2.05) is 24.3 Å². The Labute approximate surface area is 152 Å². The minimum absolute atomic E-state index is 0.115. The van der Waals surface area contributed by atoms with Crippen molar-refractivity contribution >= 4 is 17.8 Å². The number of benzene rings is 2. The highest BCUT2D eigenvalue weighted by atomic mass is 35.5. The summed E-state index contributed by atoms with van der Waals surface area (Å²) in [5.41, 5.74) is 4.75. The number of hydrogen-bond acceptors (Lipinski definition) is 5. The Morgan fingerprint density at radius 1 is 1.20 bits per heavy atom. The van der Waals surface area contributed by atoms with E-state index in [0.717, 1.165) is 16.9 Å². The molecule has 1 N–H and O–H groups in total. The zero-order valence-electron chi connectivity index (χ0n) is 14.1. The van der Waals surface area contributed by atoms with Crippen LogP contribution < -0.4 is 19.6 Å². The van der Waals surface area contributed by atoms with E-state index in [-0.39, 0.29) is 6.61 Å². The van der Waals surface area contributed by atoms with Crippen LogP contribution in [0.3, 0.4) is 0 Å². The molecule has 0 saturated carbocycles. The van der Waals surface area contributed by atoms with Gasteiger partial charge in [-0.1, -0.05) is 35.7 Å². The second-order valence-corrected chi connectivity index (χ2v) is 5.34. The SMILES string of the molecule is C#CCOc1c(Cl)cc(/C=N\NCc2ccccc2OC)cc1OC. The van der Waals surface area contributed by atoms with Crippen LogP contribution in [0.4, 0.5) is 0 Å². The first kappa shape index (κ1) is 18.5. The molecule has 0 atom stereocenters. The molecule has 0 aliphatic heterocycles. The van der Waals surface area contributed by atoms with Crippen molar-refractivity contribution in [1.82, 2.24) is 5.43 Å².